The van der Waals surface area contributed by atoms with E-state index in [1.54, 1.807) is 31.4 Å². The summed E-state index contributed by atoms with van der Waals surface area (Å²) < 4.78 is 30.1. The molecule has 7 heteroatoms. The fraction of sp³-hybridized carbons (Fsp3) is 0.350. The number of ether oxygens (including phenoxy) is 1. The topological polar surface area (TPSA) is 75.7 Å². The number of hydrogen-bond acceptors (Lipinski definition) is 4. The minimum Gasteiger partial charge on any atom is -0.497 e. The molecule has 1 atom stereocenters. The Kier molecular flexibility index (Phi) is 7.38. The number of methoxy groups -OCH3 is 1. The van der Waals surface area contributed by atoms with E-state index in [0.717, 1.165) is 34.7 Å². The molecule has 0 aliphatic carbocycles. The van der Waals surface area contributed by atoms with E-state index in [1.165, 1.54) is 7.05 Å². The van der Waals surface area contributed by atoms with Crippen LogP contribution in [-0.2, 0) is 21.2 Å². The number of nitrogens with zero attached hydrogens (tertiary/aromatic N) is 1. The molecule has 2 rings (SSSR count). The Hall–Kier alpha value is -2.38. The number of likely N-dealkylation sites (N-methyl/N-ethyl adjacent to an activating group) is 1. The average molecular weight is 391 g/mol. The maximum Gasteiger partial charge on any atom is 0.242 e. The van der Waals surface area contributed by atoms with Crippen LogP contribution in [0.4, 0.5) is 0 Å². The molecule has 0 aliphatic rings. The van der Waals surface area contributed by atoms with Gasteiger partial charge in [0.1, 0.15) is 11.8 Å². The number of benzene rings is 2. The summed E-state index contributed by atoms with van der Waals surface area (Å²) in [6.07, 6.45) is 2.66. The normalized spacial score (nSPS) is 12.6. The second-order valence-electron chi connectivity index (χ2n) is 6.34. The van der Waals surface area contributed by atoms with E-state index in [9.17, 15) is 13.2 Å². The van der Waals surface area contributed by atoms with Gasteiger partial charge in [-0.25, -0.2) is 8.42 Å². The molecular formula is C20H26N2O4S. The van der Waals surface area contributed by atoms with Crippen LogP contribution in [-0.4, -0.2) is 45.6 Å². The highest BCUT2D eigenvalue weighted by atomic mass is 32.2. The molecule has 0 radical (unpaired) electrons. The lowest BCUT2D eigenvalue weighted by molar-refractivity contribution is -0.124. The first-order chi connectivity index (χ1) is 12.8. The van der Waals surface area contributed by atoms with Crippen molar-refractivity contribution < 1.29 is 17.9 Å². The standard InChI is InChI=1S/C20H26N2O4S/c1-22(27(3,24)25)19(17-9-5-4-6-10-17)20(23)21-15-7-8-16-11-13-18(26-2)14-12-16/h4-6,9-14,19H,7-8,15H2,1-3H3,(H,21,23). The quantitative estimate of drug-likeness (QED) is 0.667. The van der Waals surface area contributed by atoms with Crippen LogP contribution in [0.5, 0.6) is 5.75 Å². The number of rotatable bonds is 9. The van der Waals surface area contributed by atoms with E-state index in [0.29, 0.717) is 12.1 Å². The van der Waals surface area contributed by atoms with Crippen LogP contribution < -0.4 is 10.1 Å². The molecule has 0 saturated carbocycles. The van der Waals surface area contributed by atoms with Gasteiger partial charge in [0.25, 0.3) is 0 Å². The molecular weight excluding hydrogens is 364 g/mol. The highest BCUT2D eigenvalue weighted by Crippen LogP contribution is 2.22. The first-order valence-corrected chi connectivity index (χ1v) is 10.6. The zero-order chi connectivity index (χ0) is 19.9. The minimum absolute atomic E-state index is 0.330. The first-order valence-electron chi connectivity index (χ1n) is 8.71. The number of hydrogen-bond donors (Lipinski definition) is 1. The number of aryl methyl sites for hydroxylation is 1. The molecule has 1 N–H and O–H groups in total. The predicted octanol–water partition coefficient (Wildman–Crippen LogP) is 2.38. The predicted molar refractivity (Wildman–Crippen MR) is 106 cm³/mol. The summed E-state index contributed by atoms with van der Waals surface area (Å²) in [6, 6.07) is 15.8. The smallest absolute Gasteiger partial charge is 0.242 e. The number of carbonyl (C=O) groups is 1. The van der Waals surface area contributed by atoms with Crippen LogP contribution in [0.1, 0.15) is 23.6 Å². The number of amides is 1. The van der Waals surface area contributed by atoms with Crippen molar-refractivity contribution in [2.75, 3.05) is 27.0 Å². The van der Waals surface area contributed by atoms with E-state index in [-0.39, 0.29) is 5.91 Å². The third-order valence-corrected chi connectivity index (χ3v) is 5.61. The van der Waals surface area contributed by atoms with Crippen LogP contribution in [0.25, 0.3) is 0 Å². The maximum absolute atomic E-state index is 12.7. The Morgan fingerprint density at radius 2 is 1.74 bits per heavy atom. The molecule has 146 valence electrons. The molecule has 0 bridgehead atoms. The zero-order valence-corrected chi connectivity index (χ0v) is 16.7. The van der Waals surface area contributed by atoms with Crippen LogP contribution in [0.15, 0.2) is 54.6 Å². The highest BCUT2D eigenvalue weighted by molar-refractivity contribution is 7.88. The fourth-order valence-corrected chi connectivity index (χ4v) is 3.35. The number of carbonyl (C=O) groups excluding carboxylic acids is 1. The fourth-order valence-electron chi connectivity index (χ4n) is 2.75. The van der Waals surface area contributed by atoms with Gasteiger partial charge < -0.3 is 10.1 Å². The van der Waals surface area contributed by atoms with Gasteiger partial charge in [0, 0.05) is 13.6 Å². The van der Waals surface area contributed by atoms with Gasteiger partial charge in [0.15, 0.2) is 0 Å². The van der Waals surface area contributed by atoms with Crippen molar-refractivity contribution >= 4 is 15.9 Å². The molecule has 0 aliphatic heterocycles. The van der Waals surface area contributed by atoms with Crippen molar-refractivity contribution in [1.29, 1.82) is 0 Å². The molecule has 2 aromatic carbocycles. The van der Waals surface area contributed by atoms with Gasteiger partial charge >= 0.3 is 0 Å². The van der Waals surface area contributed by atoms with Crippen LogP contribution in [0.3, 0.4) is 0 Å². The monoisotopic (exact) mass is 390 g/mol. The average Bonchev–Trinajstić information content (AvgIpc) is 2.66. The molecule has 0 saturated heterocycles. The summed E-state index contributed by atoms with van der Waals surface area (Å²) in [6.45, 7) is 0.464. The van der Waals surface area contributed by atoms with Gasteiger partial charge in [0.05, 0.1) is 13.4 Å². The summed E-state index contributed by atoms with van der Waals surface area (Å²) in [5.41, 5.74) is 1.79. The molecule has 0 aromatic heterocycles. The van der Waals surface area contributed by atoms with Gasteiger partial charge in [0.2, 0.25) is 15.9 Å². The highest BCUT2D eigenvalue weighted by Gasteiger charge is 2.30. The number of nitrogens with one attached hydrogen (secondary N) is 1. The van der Waals surface area contributed by atoms with E-state index in [2.05, 4.69) is 5.32 Å². The molecule has 2 aromatic rings. The van der Waals surface area contributed by atoms with Crippen molar-refractivity contribution in [3.05, 3.63) is 65.7 Å². The van der Waals surface area contributed by atoms with Crippen molar-refractivity contribution in [2.24, 2.45) is 0 Å². The van der Waals surface area contributed by atoms with E-state index in [4.69, 9.17) is 4.74 Å². The Balaban J connectivity index is 1.97. The summed E-state index contributed by atoms with van der Waals surface area (Å²) in [5, 5.41) is 2.86. The van der Waals surface area contributed by atoms with Crippen LogP contribution in [0, 0.1) is 0 Å². The van der Waals surface area contributed by atoms with Crippen molar-refractivity contribution in [1.82, 2.24) is 9.62 Å². The second kappa shape index (κ2) is 9.53. The van der Waals surface area contributed by atoms with Gasteiger partial charge in [-0.15, -0.1) is 0 Å². The summed E-state index contributed by atoms with van der Waals surface area (Å²) in [7, 11) is -0.468. The number of sulfonamides is 1. The SMILES string of the molecule is COc1ccc(CCCNC(=O)C(c2ccccc2)N(C)S(C)(=O)=O)cc1. The van der Waals surface area contributed by atoms with Gasteiger partial charge in [-0.3, -0.25) is 4.79 Å². The molecule has 0 heterocycles. The van der Waals surface area contributed by atoms with Crippen LogP contribution >= 0.6 is 0 Å². The Bertz CT molecular complexity index is 836. The second-order valence-corrected chi connectivity index (χ2v) is 8.38. The largest absolute Gasteiger partial charge is 0.497 e. The van der Waals surface area contributed by atoms with Crippen molar-refractivity contribution in [3.63, 3.8) is 0 Å². The lowest BCUT2D eigenvalue weighted by atomic mass is 10.1. The van der Waals surface area contributed by atoms with Gasteiger partial charge in [-0.05, 0) is 36.1 Å². The van der Waals surface area contributed by atoms with E-state index in [1.807, 2.05) is 30.3 Å². The first kappa shape index (κ1) is 20.9. The molecule has 1 amide bonds. The minimum atomic E-state index is -3.51. The third kappa shape index (κ3) is 6.08. The third-order valence-electron chi connectivity index (χ3n) is 4.35. The van der Waals surface area contributed by atoms with Gasteiger partial charge in [-0.1, -0.05) is 42.5 Å². The lowest BCUT2D eigenvalue weighted by Crippen LogP contribution is -2.41. The van der Waals surface area contributed by atoms with Crippen LogP contribution in [0.2, 0.25) is 0 Å². The zero-order valence-electron chi connectivity index (χ0n) is 15.9. The lowest BCUT2D eigenvalue weighted by Gasteiger charge is -2.25. The maximum atomic E-state index is 12.7. The summed E-state index contributed by atoms with van der Waals surface area (Å²) in [5.74, 6) is 0.477. The molecule has 1 unspecified atom stereocenters. The Morgan fingerprint density at radius 3 is 2.30 bits per heavy atom. The van der Waals surface area contributed by atoms with Crippen molar-refractivity contribution in [3.8, 4) is 5.75 Å². The van der Waals surface area contributed by atoms with E-state index >= 15 is 0 Å². The van der Waals surface area contributed by atoms with Crippen molar-refractivity contribution in [2.45, 2.75) is 18.9 Å². The Labute approximate surface area is 161 Å². The molecule has 27 heavy (non-hydrogen) atoms. The summed E-state index contributed by atoms with van der Waals surface area (Å²) >= 11 is 0. The Morgan fingerprint density at radius 1 is 1.11 bits per heavy atom. The molecule has 0 fully saturated rings. The van der Waals surface area contributed by atoms with Gasteiger partial charge in [-0.2, -0.15) is 4.31 Å². The molecule has 0 spiro atoms. The summed E-state index contributed by atoms with van der Waals surface area (Å²) in [4.78, 5) is 12.7. The molecule has 6 nitrogen and oxygen atoms in total. The van der Waals surface area contributed by atoms with E-state index < -0.39 is 16.1 Å².